The number of aromatic amines is 1. The van der Waals surface area contributed by atoms with Gasteiger partial charge in [-0.2, -0.15) is 0 Å². The van der Waals surface area contributed by atoms with Crippen LogP contribution in [0.5, 0.6) is 0 Å². The van der Waals surface area contributed by atoms with Gasteiger partial charge in [0.15, 0.2) is 0 Å². The molecule has 1 aromatic carbocycles. The zero-order valence-electron chi connectivity index (χ0n) is 12.0. The maximum atomic E-state index is 12.1. The molecule has 2 N–H and O–H groups in total. The number of amides is 1. The van der Waals surface area contributed by atoms with E-state index in [-0.39, 0.29) is 24.5 Å². The number of H-pyrrole nitrogens is 1. The Morgan fingerprint density at radius 2 is 2.29 bits per heavy atom. The molecule has 2 unspecified atom stereocenters. The summed E-state index contributed by atoms with van der Waals surface area (Å²) in [4.78, 5) is 17.1. The number of nitrogens with zero attached hydrogens (tertiary/aromatic N) is 1. The van der Waals surface area contributed by atoms with Crippen molar-refractivity contribution in [1.82, 2.24) is 9.88 Å². The number of nitrogens with one attached hydrogen (secondary N) is 1. The SMILES string of the molecule is C=CC1CC(=O)N(C(CO)Cc2c[nH]c3ccccc23)C1. The predicted octanol–water partition coefficient (Wildman–Crippen LogP) is 2.11. The van der Waals surface area contributed by atoms with Crippen molar-refractivity contribution in [1.29, 1.82) is 0 Å². The van der Waals surface area contributed by atoms with E-state index in [9.17, 15) is 9.90 Å². The molecule has 2 aromatic rings. The second-order valence-electron chi connectivity index (χ2n) is 5.65. The monoisotopic (exact) mass is 284 g/mol. The Labute approximate surface area is 124 Å². The van der Waals surface area contributed by atoms with Gasteiger partial charge in [-0.3, -0.25) is 4.79 Å². The number of carbonyl (C=O) groups is 1. The molecule has 110 valence electrons. The van der Waals surface area contributed by atoms with Gasteiger partial charge in [-0.1, -0.05) is 24.3 Å². The van der Waals surface area contributed by atoms with Crippen LogP contribution in [0.15, 0.2) is 43.1 Å². The Kier molecular flexibility index (Phi) is 3.80. The average molecular weight is 284 g/mol. The molecule has 0 saturated carbocycles. The van der Waals surface area contributed by atoms with Crippen LogP contribution in [0.2, 0.25) is 0 Å². The zero-order valence-corrected chi connectivity index (χ0v) is 12.0. The first-order valence-corrected chi connectivity index (χ1v) is 7.30. The minimum absolute atomic E-state index is 0.0187. The number of rotatable bonds is 5. The summed E-state index contributed by atoms with van der Waals surface area (Å²) in [5, 5.41) is 10.9. The quantitative estimate of drug-likeness (QED) is 0.826. The fraction of sp³-hybridized carbons (Fsp3) is 0.353. The highest BCUT2D eigenvalue weighted by Gasteiger charge is 2.32. The molecular formula is C17H20N2O2. The lowest BCUT2D eigenvalue weighted by Crippen LogP contribution is -2.40. The average Bonchev–Trinajstić information content (AvgIpc) is 3.08. The number of hydrogen-bond acceptors (Lipinski definition) is 2. The third-order valence-electron chi connectivity index (χ3n) is 4.30. The third kappa shape index (κ3) is 2.59. The Morgan fingerprint density at radius 3 is 3.00 bits per heavy atom. The second-order valence-corrected chi connectivity index (χ2v) is 5.65. The molecule has 0 bridgehead atoms. The van der Waals surface area contributed by atoms with E-state index in [2.05, 4.69) is 17.6 Å². The van der Waals surface area contributed by atoms with E-state index in [0.29, 0.717) is 19.4 Å². The number of fused-ring (bicyclic) bond motifs is 1. The molecule has 1 fully saturated rings. The first kappa shape index (κ1) is 13.9. The molecule has 21 heavy (non-hydrogen) atoms. The smallest absolute Gasteiger partial charge is 0.223 e. The van der Waals surface area contributed by atoms with Crippen molar-refractivity contribution in [2.75, 3.05) is 13.2 Å². The van der Waals surface area contributed by atoms with Gasteiger partial charge in [0.2, 0.25) is 5.91 Å². The van der Waals surface area contributed by atoms with Crippen LogP contribution in [0.4, 0.5) is 0 Å². The Hall–Kier alpha value is -2.07. The van der Waals surface area contributed by atoms with Crippen LogP contribution in [-0.4, -0.2) is 40.1 Å². The van der Waals surface area contributed by atoms with E-state index < -0.39 is 0 Å². The van der Waals surface area contributed by atoms with Gasteiger partial charge >= 0.3 is 0 Å². The minimum atomic E-state index is -0.165. The summed E-state index contributed by atoms with van der Waals surface area (Å²) >= 11 is 0. The fourth-order valence-corrected chi connectivity index (χ4v) is 3.10. The molecule has 4 nitrogen and oxygen atoms in total. The molecule has 0 spiro atoms. The number of aliphatic hydroxyl groups excluding tert-OH is 1. The van der Waals surface area contributed by atoms with Crippen molar-refractivity contribution in [2.24, 2.45) is 5.92 Å². The summed E-state index contributed by atoms with van der Waals surface area (Å²) < 4.78 is 0. The Bertz CT molecular complexity index is 662. The van der Waals surface area contributed by atoms with Gasteiger partial charge in [-0.15, -0.1) is 6.58 Å². The van der Waals surface area contributed by atoms with Gasteiger partial charge in [0, 0.05) is 36.0 Å². The standard InChI is InChI=1S/C17H20N2O2/c1-2-12-7-17(21)19(10-12)14(11-20)8-13-9-18-16-6-4-3-5-15(13)16/h2-6,9,12,14,18,20H,1,7-8,10-11H2. The summed E-state index contributed by atoms with van der Waals surface area (Å²) in [6.07, 6.45) is 4.97. The molecule has 1 aliphatic heterocycles. The molecule has 3 rings (SSSR count). The number of benzene rings is 1. The lowest BCUT2D eigenvalue weighted by atomic mass is 10.0. The maximum Gasteiger partial charge on any atom is 0.223 e. The minimum Gasteiger partial charge on any atom is -0.394 e. The van der Waals surface area contributed by atoms with E-state index in [4.69, 9.17) is 0 Å². The third-order valence-corrected chi connectivity index (χ3v) is 4.30. The number of aliphatic hydroxyl groups is 1. The molecule has 4 heteroatoms. The van der Waals surface area contributed by atoms with Crippen LogP contribution in [-0.2, 0) is 11.2 Å². The van der Waals surface area contributed by atoms with Gasteiger partial charge in [0.1, 0.15) is 0 Å². The molecule has 1 amide bonds. The van der Waals surface area contributed by atoms with Crippen molar-refractivity contribution in [3.05, 3.63) is 48.7 Å². The van der Waals surface area contributed by atoms with E-state index in [0.717, 1.165) is 16.5 Å². The molecular weight excluding hydrogens is 264 g/mol. The molecule has 2 heterocycles. The van der Waals surface area contributed by atoms with E-state index in [1.807, 2.05) is 30.5 Å². The van der Waals surface area contributed by atoms with E-state index in [1.54, 1.807) is 4.90 Å². The number of likely N-dealkylation sites (tertiary alicyclic amines) is 1. The van der Waals surface area contributed by atoms with Gasteiger partial charge in [0.05, 0.1) is 12.6 Å². The lowest BCUT2D eigenvalue weighted by molar-refractivity contribution is -0.130. The van der Waals surface area contributed by atoms with Gasteiger partial charge in [-0.05, 0) is 18.1 Å². The van der Waals surface area contributed by atoms with Gasteiger partial charge in [-0.25, -0.2) is 0 Å². The number of carbonyl (C=O) groups excluding carboxylic acids is 1. The highest BCUT2D eigenvalue weighted by atomic mass is 16.3. The summed E-state index contributed by atoms with van der Waals surface area (Å²) in [5.74, 6) is 0.313. The summed E-state index contributed by atoms with van der Waals surface area (Å²) in [5.41, 5.74) is 2.22. The Balaban J connectivity index is 1.81. The van der Waals surface area contributed by atoms with Crippen LogP contribution in [0, 0.1) is 5.92 Å². The van der Waals surface area contributed by atoms with Crippen molar-refractivity contribution in [2.45, 2.75) is 18.9 Å². The molecule has 2 atom stereocenters. The zero-order chi connectivity index (χ0) is 14.8. The molecule has 0 radical (unpaired) electrons. The first-order chi connectivity index (χ1) is 10.2. The van der Waals surface area contributed by atoms with Crippen molar-refractivity contribution in [3.8, 4) is 0 Å². The second kappa shape index (κ2) is 5.74. The highest BCUT2D eigenvalue weighted by molar-refractivity contribution is 5.83. The van der Waals surface area contributed by atoms with Crippen molar-refractivity contribution < 1.29 is 9.90 Å². The van der Waals surface area contributed by atoms with E-state index in [1.165, 1.54) is 0 Å². The molecule has 1 aliphatic rings. The molecule has 0 aliphatic carbocycles. The van der Waals surface area contributed by atoms with Crippen LogP contribution >= 0.6 is 0 Å². The number of hydrogen-bond donors (Lipinski definition) is 2. The van der Waals surface area contributed by atoms with Gasteiger partial charge in [0.25, 0.3) is 0 Å². The first-order valence-electron chi connectivity index (χ1n) is 7.30. The van der Waals surface area contributed by atoms with Crippen molar-refractivity contribution in [3.63, 3.8) is 0 Å². The molecule has 1 saturated heterocycles. The molecule has 1 aromatic heterocycles. The normalized spacial score (nSPS) is 20.1. The van der Waals surface area contributed by atoms with Crippen LogP contribution in [0.3, 0.4) is 0 Å². The van der Waals surface area contributed by atoms with Gasteiger partial charge < -0.3 is 15.0 Å². The summed E-state index contributed by atoms with van der Waals surface area (Å²) in [7, 11) is 0. The van der Waals surface area contributed by atoms with E-state index >= 15 is 0 Å². The predicted molar refractivity (Wildman–Crippen MR) is 82.9 cm³/mol. The lowest BCUT2D eigenvalue weighted by Gasteiger charge is -2.26. The van der Waals surface area contributed by atoms with Crippen LogP contribution < -0.4 is 0 Å². The van der Waals surface area contributed by atoms with Crippen LogP contribution in [0.1, 0.15) is 12.0 Å². The number of aromatic nitrogens is 1. The highest BCUT2D eigenvalue weighted by Crippen LogP contribution is 2.25. The number of para-hydroxylation sites is 1. The van der Waals surface area contributed by atoms with Crippen molar-refractivity contribution >= 4 is 16.8 Å². The maximum absolute atomic E-state index is 12.1. The topological polar surface area (TPSA) is 56.3 Å². The van der Waals surface area contributed by atoms with Crippen LogP contribution in [0.25, 0.3) is 10.9 Å². The summed E-state index contributed by atoms with van der Waals surface area (Å²) in [6, 6.07) is 7.92. The summed E-state index contributed by atoms with van der Waals surface area (Å²) in [6.45, 7) is 4.41. The fourth-order valence-electron chi connectivity index (χ4n) is 3.10. The largest absolute Gasteiger partial charge is 0.394 e. The Morgan fingerprint density at radius 1 is 1.48 bits per heavy atom.